The number of carbonyl (C=O) groups excluding carboxylic acids is 1. The van der Waals surface area contributed by atoms with E-state index in [1.165, 1.54) is 0 Å². The maximum atomic E-state index is 12.6. The van der Waals surface area contributed by atoms with Gasteiger partial charge in [0.2, 0.25) is 0 Å². The third-order valence-electron chi connectivity index (χ3n) is 4.04. The molecule has 3 rings (SSSR count). The van der Waals surface area contributed by atoms with Gasteiger partial charge >= 0.3 is 0 Å². The lowest BCUT2D eigenvalue weighted by atomic mass is 9.86. The third-order valence-corrected chi connectivity index (χ3v) is 4.81. The van der Waals surface area contributed by atoms with Gasteiger partial charge in [0.05, 0.1) is 7.11 Å². The summed E-state index contributed by atoms with van der Waals surface area (Å²) < 4.78 is 5.40. The summed E-state index contributed by atoms with van der Waals surface area (Å²) in [5.41, 5.74) is 3.36. The smallest absolute Gasteiger partial charge is 0.189 e. The van der Waals surface area contributed by atoms with Gasteiger partial charge in [-0.15, -0.1) is 11.8 Å². The van der Waals surface area contributed by atoms with Crippen LogP contribution in [0.15, 0.2) is 46.9 Å². The van der Waals surface area contributed by atoms with Crippen LogP contribution in [0.2, 0.25) is 0 Å². The molecule has 0 fully saturated rings. The van der Waals surface area contributed by atoms with Crippen LogP contribution in [0.25, 0.3) is 6.08 Å². The van der Waals surface area contributed by atoms with Crippen LogP contribution in [-0.2, 0) is 6.42 Å². The molecule has 0 amide bonds. The lowest BCUT2D eigenvalue weighted by Crippen LogP contribution is -2.13. The van der Waals surface area contributed by atoms with Crippen LogP contribution in [0.3, 0.4) is 0 Å². The zero-order valence-electron chi connectivity index (χ0n) is 13.1. The number of benzene rings is 2. The zero-order chi connectivity index (χ0) is 16.4. The highest BCUT2D eigenvalue weighted by atomic mass is 32.2. The quantitative estimate of drug-likeness (QED) is 0.673. The topological polar surface area (TPSA) is 46.5 Å². The Morgan fingerprint density at radius 3 is 2.74 bits per heavy atom. The fraction of sp³-hybridized carbons (Fsp3) is 0.211. The highest BCUT2D eigenvalue weighted by Crippen LogP contribution is 2.32. The van der Waals surface area contributed by atoms with Crippen molar-refractivity contribution in [3.63, 3.8) is 0 Å². The first-order chi connectivity index (χ1) is 11.1. The second-order valence-corrected chi connectivity index (χ2v) is 6.30. The normalized spacial score (nSPS) is 15.6. The molecule has 0 bridgehead atoms. The molecule has 0 saturated carbocycles. The van der Waals surface area contributed by atoms with Crippen LogP contribution in [0, 0.1) is 0 Å². The number of methoxy groups -OCH3 is 1. The number of thioether (sulfide) groups is 1. The molecule has 4 heteroatoms. The van der Waals surface area contributed by atoms with E-state index in [9.17, 15) is 9.90 Å². The van der Waals surface area contributed by atoms with Crippen molar-refractivity contribution in [1.82, 2.24) is 0 Å². The van der Waals surface area contributed by atoms with Crippen molar-refractivity contribution in [3.05, 3.63) is 58.7 Å². The molecule has 0 radical (unpaired) electrons. The molecule has 118 valence electrons. The number of aryl methyl sites for hydroxylation is 1. The lowest BCUT2D eigenvalue weighted by molar-refractivity contribution is 0.102. The number of carbonyl (C=O) groups is 1. The number of phenols is 1. The van der Waals surface area contributed by atoms with Gasteiger partial charge in [0.15, 0.2) is 5.78 Å². The molecule has 2 aromatic carbocycles. The second-order valence-electron chi connectivity index (χ2n) is 5.45. The van der Waals surface area contributed by atoms with E-state index in [1.807, 2.05) is 30.5 Å². The van der Waals surface area contributed by atoms with Gasteiger partial charge in [0.1, 0.15) is 11.5 Å². The predicted octanol–water partition coefficient (Wildman–Crippen LogP) is 4.34. The first-order valence-corrected chi connectivity index (χ1v) is 8.64. The van der Waals surface area contributed by atoms with E-state index in [1.54, 1.807) is 37.1 Å². The minimum absolute atomic E-state index is 0.0409. The van der Waals surface area contributed by atoms with E-state index in [0.29, 0.717) is 12.0 Å². The third kappa shape index (κ3) is 3.13. The van der Waals surface area contributed by atoms with Gasteiger partial charge in [-0.05, 0) is 66.6 Å². The summed E-state index contributed by atoms with van der Waals surface area (Å²) in [6.07, 6.45) is 5.39. The van der Waals surface area contributed by atoms with E-state index < -0.39 is 0 Å². The molecule has 0 aliphatic heterocycles. The maximum Gasteiger partial charge on any atom is 0.189 e. The van der Waals surface area contributed by atoms with Gasteiger partial charge in [-0.25, -0.2) is 0 Å². The molecule has 0 atom stereocenters. The Kier molecular flexibility index (Phi) is 4.44. The Bertz CT molecular complexity index is 793. The fourth-order valence-electron chi connectivity index (χ4n) is 2.85. The molecule has 3 nitrogen and oxygen atoms in total. The van der Waals surface area contributed by atoms with E-state index in [-0.39, 0.29) is 11.5 Å². The van der Waals surface area contributed by atoms with Crippen LogP contribution >= 0.6 is 11.8 Å². The molecule has 1 N–H and O–H groups in total. The van der Waals surface area contributed by atoms with Gasteiger partial charge in [-0.3, -0.25) is 4.79 Å². The predicted molar refractivity (Wildman–Crippen MR) is 93.5 cm³/mol. The Morgan fingerprint density at radius 1 is 1.17 bits per heavy atom. The van der Waals surface area contributed by atoms with E-state index in [2.05, 4.69) is 0 Å². The minimum Gasteiger partial charge on any atom is -0.508 e. The SMILES string of the molecule is COc1cc(C=C2CCc3cc(O)ccc3C2=O)ccc1SC. The highest BCUT2D eigenvalue weighted by molar-refractivity contribution is 7.98. The number of ketones is 1. The van der Waals surface area contributed by atoms with Crippen LogP contribution in [-0.4, -0.2) is 24.3 Å². The first kappa shape index (κ1) is 15.7. The average Bonchev–Trinajstić information content (AvgIpc) is 2.57. The molecular formula is C19H18O3S. The maximum absolute atomic E-state index is 12.6. The van der Waals surface area contributed by atoms with Crippen LogP contribution in [0.1, 0.15) is 27.9 Å². The molecular weight excluding hydrogens is 308 g/mol. The Hall–Kier alpha value is -2.20. The van der Waals surface area contributed by atoms with Crippen LogP contribution < -0.4 is 4.74 Å². The summed E-state index contributed by atoms with van der Waals surface area (Å²) in [4.78, 5) is 13.7. The highest BCUT2D eigenvalue weighted by Gasteiger charge is 2.22. The molecule has 0 spiro atoms. The first-order valence-electron chi connectivity index (χ1n) is 7.41. The average molecular weight is 326 g/mol. The molecule has 23 heavy (non-hydrogen) atoms. The molecule has 2 aromatic rings. The van der Waals surface area contributed by atoms with Crippen molar-refractivity contribution in [3.8, 4) is 11.5 Å². The van der Waals surface area contributed by atoms with E-state index in [4.69, 9.17) is 4.74 Å². The van der Waals surface area contributed by atoms with Crippen molar-refractivity contribution >= 4 is 23.6 Å². The number of phenolic OH excluding ortho intramolecular Hbond substituents is 1. The zero-order valence-corrected chi connectivity index (χ0v) is 13.9. The summed E-state index contributed by atoms with van der Waals surface area (Å²) in [5, 5.41) is 9.54. The largest absolute Gasteiger partial charge is 0.508 e. The van der Waals surface area contributed by atoms with Crippen molar-refractivity contribution < 1.29 is 14.6 Å². The van der Waals surface area contributed by atoms with Crippen LogP contribution in [0.5, 0.6) is 11.5 Å². The van der Waals surface area contributed by atoms with Gasteiger partial charge in [-0.2, -0.15) is 0 Å². The molecule has 0 saturated heterocycles. The lowest BCUT2D eigenvalue weighted by Gasteiger charge is -2.18. The molecule has 0 aromatic heterocycles. The van der Waals surface area contributed by atoms with Gasteiger partial charge in [0.25, 0.3) is 0 Å². The van der Waals surface area contributed by atoms with Crippen LogP contribution in [0.4, 0.5) is 0 Å². The van der Waals surface area contributed by atoms with Gasteiger partial charge < -0.3 is 9.84 Å². The fourth-order valence-corrected chi connectivity index (χ4v) is 3.39. The van der Waals surface area contributed by atoms with Crippen molar-refractivity contribution in [1.29, 1.82) is 0 Å². The summed E-state index contributed by atoms with van der Waals surface area (Å²) in [6, 6.07) is 10.9. The van der Waals surface area contributed by atoms with Crippen molar-refractivity contribution in [2.45, 2.75) is 17.7 Å². The van der Waals surface area contributed by atoms with Gasteiger partial charge in [-0.1, -0.05) is 6.07 Å². The molecule has 0 heterocycles. The number of hydrogen-bond acceptors (Lipinski definition) is 4. The summed E-state index contributed by atoms with van der Waals surface area (Å²) in [6.45, 7) is 0. The summed E-state index contributed by atoms with van der Waals surface area (Å²) in [7, 11) is 1.65. The number of rotatable bonds is 3. The monoisotopic (exact) mass is 326 g/mol. The summed E-state index contributed by atoms with van der Waals surface area (Å²) in [5.74, 6) is 1.07. The number of allylic oxidation sites excluding steroid dienone is 1. The van der Waals surface area contributed by atoms with E-state index >= 15 is 0 Å². The number of fused-ring (bicyclic) bond motifs is 1. The van der Waals surface area contributed by atoms with Crippen molar-refractivity contribution in [2.24, 2.45) is 0 Å². The molecule has 0 unspecified atom stereocenters. The molecule has 1 aliphatic carbocycles. The number of hydrogen-bond donors (Lipinski definition) is 1. The standard InChI is InChI=1S/C19H18O3S/c1-22-17-10-12(3-8-18(17)23-2)9-14-5-4-13-11-15(20)6-7-16(13)19(14)21/h3,6-11,20H,4-5H2,1-2H3. The Morgan fingerprint density at radius 2 is 2.00 bits per heavy atom. The number of Topliss-reactive ketones (excluding diaryl/α,β-unsaturated/α-hetero) is 1. The van der Waals surface area contributed by atoms with Crippen molar-refractivity contribution in [2.75, 3.05) is 13.4 Å². The second kappa shape index (κ2) is 6.50. The number of aromatic hydroxyl groups is 1. The summed E-state index contributed by atoms with van der Waals surface area (Å²) >= 11 is 1.63. The molecule has 1 aliphatic rings. The Balaban J connectivity index is 1.95. The minimum atomic E-state index is 0.0409. The van der Waals surface area contributed by atoms with Gasteiger partial charge in [0, 0.05) is 16.0 Å². The number of ether oxygens (including phenoxy) is 1. The van der Waals surface area contributed by atoms with E-state index in [0.717, 1.165) is 33.8 Å². The Labute approximate surface area is 140 Å².